The lowest BCUT2D eigenvalue weighted by Gasteiger charge is -2.37. The summed E-state index contributed by atoms with van der Waals surface area (Å²) in [7, 11) is -3.65. The Balaban J connectivity index is 1.35. The number of rotatable bonds is 8. The molecule has 2 aromatic carbocycles. The Morgan fingerprint density at radius 1 is 1.03 bits per heavy atom. The number of amides is 1. The molecule has 1 fully saturated rings. The van der Waals surface area contributed by atoms with Crippen LogP contribution in [0.1, 0.15) is 44.2 Å². The number of carbonyl (C=O) groups is 1. The van der Waals surface area contributed by atoms with Crippen LogP contribution in [0.3, 0.4) is 0 Å². The first kappa shape index (κ1) is 24.2. The SMILES string of the molecule is CC1(C(=O)N[C@H](CO)c2ccccc2)CCC(NS(=O)(=O)c2ccc(-n3cccc3)cc2)CC1. The third kappa shape index (κ3) is 5.41. The van der Waals surface area contributed by atoms with Crippen LogP contribution >= 0.6 is 0 Å². The second-order valence-corrected chi connectivity index (χ2v) is 10.9. The van der Waals surface area contributed by atoms with Crippen LogP contribution in [0.4, 0.5) is 0 Å². The molecule has 0 radical (unpaired) electrons. The fourth-order valence-electron chi connectivity index (χ4n) is 4.44. The minimum absolute atomic E-state index is 0.114. The summed E-state index contributed by atoms with van der Waals surface area (Å²) in [5, 5.41) is 12.7. The van der Waals surface area contributed by atoms with Crippen LogP contribution < -0.4 is 10.0 Å². The van der Waals surface area contributed by atoms with Gasteiger partial charge in [0.25, 0.3) is 0 Å². The van der Waals surface area contributed by atoms with E-state index in [2.05, 4.69) is 10.0 Å². The number of aliphatic hydroxyl groups is 1. The summed E-state index contributed by atoms with van der Waals surface area (Å²) in [6.07, 6.45) is 6.07. The van der Waals surface area contributed by atoms with Crippen molar-refractivity contribution in [1.29, 1.82) is 0 Å². The zero-order valence-corrected chi connectivity index (χ0v) is 20.0. The summed E-state index contributed by atoms with van der Waals surface area (Å²) in [6.45, 7) is 1.73. The van der Waals surface area contributed by atoms with Crippen molar-refractivity contribution in [1.82, 2.24) is 14.6 Å². The van der Waals surface area contributed by atoms with Crippen molar-refractivity contribution in [3.63, 3.8) is 0 Å². The van der Waals surface area contributed by atoms with Crippen LogP contribution in [-0.2, 0) is 14.8 Å². The zero-order valence-electron chi connectivity index (χ0n) is 19.2. The van der Waals surface area contributed by atoms with Crippen molar-refractivity contribution in [3.8, 4) is 5.69 Å². The van der Waals surface area contributed by atoms with Crippen molar-refractivity contribution < 1.29 is 18.3 Å². The maximum atomic E-state index is 13.0. The molecule has 1 atom stereocenters. The Morgan fingerprint density at radius 2 is 1.65 bits per heavy atom. The molecule has 0 saturated heterocycles. The highest BCUT2D eigenvalue weighted by atomic mass is 32.2. The molecule has 7 nitrogen and oxygen atoms in total. The highest BCUT2D eigenvalue weighted by molar-refractivity contribution is 7.89. The van der Waals surface area contributed by atoms with Gasteiger partial charge < -0.3 is 15.0 Å². The third-order valence-electron chi connectivity index (χ3n) is 6.70. The Labute approximate surface area is 200 Å². The number of hydrogen-bond donors (Lipinski definition) is 3. The standard InChI is InChI=1S/C26H31N3O4S/c1-26(25(31)27-24(19-30)20-7-3-2-4-8-20)15-13-21(14-16-26)28-34(32,33)23-11-9-22(10-12-23)29-17-5-6-18-29/h2-12,17-18,21,24,28,30H,13-16,19H2,1H3,(H,27,31)/t21?,24-,26?/m1/s1. The lowest BCUT2D eigenvalue weighted by Crippen LogP contribution is -2.47. The Kier molecular flexibility index (Phi) is 7.21. The molecular weight excluding hydrogens is 450 g/mol. The third-order valence-corrected chi connectivity index (χ3v) is 8.24. The number of aromatic nitrogens is 1. The molecule has 1 aliphatic carbocycles. The highest BCUT2D eigenvalue weighted by Crippen LogP contribution is 2.37. The van der Waals surface area contributed by atoms with Gasteiger partial charge in [0.1, 0.15) is 0 Å². The number of nitrogens with one attached hydrogen (secondary N) is 2. The molecule has 0 spiro atoms. The lowest BCUT2D eigenvalue weighted by molar-refractivity contribution is -0.133. The summed E-state index contributed by atoms with van der Waals surface area (Å²) >= 11 is 0. The quantitative estimate of drug-likeness (QED) is 0.458. The van der Waals surface area contributed by atoms with E-state index in [1.807, 2.05) is 66.3 Å². The molecule has 1 saturated carbocycles. The van der Waals surface area contributed by atoms with E-state index < -0.39 is 21.5 Å². The van der Waals surface area contributed by atoms with Crippen molar-refractivity contribution in [2.75, 3.05) is 6.61 Å². The minimum Gasteiger partial charge on any atom is -0.394 e. The van der Waals surface area contributed by atoms with Gasteiger partial charge in [0.15, 0.2) is 0 Å². The predicted molar refractivity (Wildman–Crippen MR) is 131 cm³/mol. The van der Waals surface area contributed by atoms with Crippen molar-refractivity contribution >= 4 is 15.9 Å². The zero-order chi connectivity index (χ0) is 24.2. The molecule has 0 bridgehead atoms. The van der Waals surface area contributed by atoms with Crippen LogP contribution in [0.25, 0.3) is 5.69 Å². The van der Waals surface area contributed by atoms with E-state index in [1.165, 1.54) is 0 Å². The summed E-state index contributed by atoms with van der Waals surface area (Å²) in [4.78, 5) is 13.3. The minimum atomic E-state index is -3.65. The number of nitrogens with zero attached hydrogens (tertiary/aromatic N) is 1. The van der Waals surface area contributed by atoms with Crippen molar-refractivity contribution in [2.45, 2.75) is 49.6 Å². The van der Waals surface area contributed by atoms with Gasteiger partial charge in [-0.1, -0.05) is 37.3 Å². The maximum Gasteiger partial charge on any atom is 0.240 e. The Morgan fingerprint density at radius 3 is 2.24 bits per heavy atom. The molecule has 1 heterocycles. The first-order chi connectivity index (χ1) is 16.3. The molecule has 34 heavy (non-hydrogen) atoms. The van der Waals surface area contributed by atoms with Crippen LogP contribution in [0.5, 0.6) is 0 Å². The normalized spacial score (nSPS) is 21.6. The number of carbonyl (C=O) groups excluding carboxylic acids is 1. The van der Waals surface area contributed by atoms with Crippen LogP contribution in [-0.4, -0.2) is 36.6 Å². The molecule has 8 heteroatoms. The molecular formula is C26H31N3O4S. The van der Waals surface area contributed by atoms with Gasteiger partial charge in [-0.25, -0.2) is 13.1 Å². The van der Waals surface area contributed by atoms with Gasteiger partial charge in [0.05, 0.1) is 17.5 Å². The summed E-state index contributed by atoms with van der Waals surface area (Å²) in [5.41, 5.74) is 1.13. The first-order valence-corrected chi connectivity index (χ1v) is 13.0. The van der Waals surface area contributed by atoms with E-state index in [0.717, 1.165) is 11.3 Å². The average molecular weight is 482 g/mol. The number of benzene rings is 2. The smallest absolute Gasteiger partial charge is 0.240 e. The first-order valence-electron chi connectivity index (χ1n) is 11.5. The average Bonchev–Trinajstić information content (AvgIpc) is 3.39. The van der Waals surface area contributed by atoms with E-state index in [4.69, 9.17) is 0 Å². The summed E-state index contributed by atoms with van der Waals surface area (Å²) in [5.74, 6) is -0.114. The van der Waals surface area contributed by atoms with E-state index in [9.17, 15) is 18.3 Å². The number of sulfonamides is 1. The van der Waals surface area contributed by atoms with E-state index >= 15 is 0 Å². The molecule has 1 aromatic heterocycles. The lowest BCUT2D eigenvalue weighted by atomic mass is 9.73. The largest absolute Gasteiger partial charge is 0.394 e. The van der Waals surface area contributed by atoms with E-state index in [-0.39, 0.29) is 23.5 Å². The van der Waals surface area contributed by atoms with Crippen molar-refractivity contribution in [3.05, 3.63) is 84.7 Å². The fourth-order valence-corrected chi connectivity index (χ4v) is 5.75. The van der Waals surface area contributed by atoms with Gasteiger partial charge >= 0.3 is 0 Å². The fraction of sp³-hybridized carbons (Fsp3) is 0.346. The van der Waals surface area contributed by atoms with Gasteiger partial charge in [-0.3, -0.25) is 4.79 Å². The predicted octanol–water partition coefficient (Wildman–Crippen LogP) is 3.55. The molecule has 1 amide bonds. The molecule has 1 aliphatic rings. The number of hydrogen-bond acceptors (Lipinski definition) is 4. The van der Waals surface area contributed by atoms with Crippen LogP contribution in [0.2, 0.25) is 0 Å². The van der Waals surface area contributed by atoms with Crippen LogP contribution in [0, 0.1) is 5.41 Å². The Hall–Kier alpha value is -2.94. The van der Waals surface area contributed by atoms with Crippen LogP contribution in [0.15, 0.2) is 84.0 Å². The second-order valence-electron chi connectivity index (χ2n) is 9.16. The monoisotopic (exact) mass is 481 g/mol. The Bertz CT molecular complexity index is 1180. The summed E-state index contributed by atoms with van der Waals surface area (Å²) < 4.78 is 30.5. The maximum absolute atomic E-state index is 13.0. The topological polar surface area (TPSA) is 100 Å². The van der Waals surface area contributed by atoms with E-state index in [0.29, 0.717) is 25.7 Å². The van der Waals surface area contributed by atoms with E-state index in [1.54, 1.807) is 24.3 Å². The molecule has 180 valence electrons. The molecule has 0 aliphatic heterocycles. The summed E-state index contributed by atoms with van der Waals surface area (Å²) in [6, 6.07) is 19.3. The van der Waals surface area contributed by atoms with Gasteiger partial charge in [-0.05, 0) is 67.6 Å². The van der Waals surface area contributed by atoms with Crippen molar-refractivity contribution in [2.24, 2.45) is 5.41 Å². The van der Waals surface area contributed by atoms with Gasteiger partial charge in [-0.2, -0.15) is 0 Å². The van der Waals surface area contributed by atoms with Gasteiger partial charge in [0, 0.05) is 29.5 Å². The molecule has 0 unspecified atom stereocenters. The molecule has 4 rings (SSSR count). The second kappa shape index (κ2) is 10.1. The molecule has 3 N–H and O–H groups in total. The van der Waals surface area contributed by atoms with Gasteiger partial charge in [-0.15, -0.1) is 0 Å². The highest BCUT2D eigenvalue weighted by Gasteiger charge is 2.39. The van der Waals surface area contributed by atoms with Gasteiger partial charge in [0.2, 0.25) is 15.9 Å². The number of aliphatic hydroxyl groups excluding tert-OH is 1. The molecule has 3 aromatic rings.